The second kappa shape index (κ2) is 5.47. The standard InChI is InChI=1S/C12H19ClN2O2S/c1-4-12(3,5-2)15-18(16,17)11-8-9(14)6-7-10(11)13/h6-8,15H,4-5,14H2,1-3H3. The lowest BCUT2D eigenvalue weighted by molar-refractivity contribution is 0.389. The second-order valence-electron chi connectivity index (χ2n) is 4.56. The van der Waals surface area contributed by atoms with Gasteiger partial charge in [-0.1, -0.05) is 25.4 Å². The number of nitrogen functional groups attached to an aromatic ring is 1. The highest BCUT2D eigenvalue weighted by atomic mass is 35.5. The highest BCUT2D eigenvalue weighted by Gasteiger charge is 2.28. The van der Waals surface area contributed by atoms with Crippen LogP contribution in [0.1, 0.15) is 33.6 Å². The molecule has 18 heavy (non-hydrogen) atoms. The van der Waals surface area contributed by atoms with E-state index < -0.39 is 15.6 Å². The van der Waals surface area contributed by atoms with Crippen LogP contribution in [-0.4, -0.2) is 14.0 Å². The van der Waals surface area contributed by atoms with Gasteiger partial charge < -0.3 is 5.73 Å². The molecule has 102 valence electrons. The van der Waals surface area contributed by atoms with Crippen LogP contribution in [0, 0.1) is 0 Å². The van der Waals surface area contributed by atoms with Gasteiger partial charge in [-0.05, 0) is 38.0 Å². The van der Waals surface area contributed by atoms with E-state index in [0.717, 1.165) is 0 Å². The molecule has 0 aromatic heterocycles. The summed E-state index contributed by atoms with van der Waals surface area (Å²) in [5.41, 5.74) is 5.49. The predicted octanol–water partition coefficient (Wildman–Crippen LogP) is 2.78. The lowest BCUT2D eigenvalue weighted by atomic mass is 9.98. The SMILES string of the molecule is CCC(C)(CC)NS(=O)(=O)c1cc(N)ccc1Cl. The first-order chi connectivity index (χ1) is 8.24. The molecule has 0 aliphatic carbocycles. The van der Waals surface area contributed by atoms with Crippen LogP contribution in [0.2, 0.25) is 5.02 Å². The molecule has 0 bridgehead atoms. The van der Waals surface area contributed by atoms with Crippen LogP contribution in [0.5, 0.6) is 0 Å². The molecule has 4 nitrogen and oxygen atoms in total. The first-order valence-electron chi connectivity index (χ1n) is 5.83. The Bertz CT molecular complexity index is 525. The molecule has 0 fully saturated rings. The molecule has 0 atom stereocenters. The predicted molar refractivity (Wildman–Crippen MR) is 75.2 cm³/mol. The average molecular weight is 291 g/mol. The van der Waals surface area contributed by atoms with Crippen molar-refractivity contribution in [2.75, 3.05) is 5.73 Å². The smallest absolute Gasteiger partial charge is 0.242 e. The molecule has 1 aromatic rings. The average Bonchev–Trinajstić information content (AvgIpc) is 2.31. The normalized spacial score (nSPS) is 12.7. The summed E-state index contributed by atoms with van der Waals surface area (Å²) in [5, 5.41) is 0.172. The van der Waals surface area contributed by atoms with Crippen LogP contribution in [-0.2, 0) is 10.0 Å². The lowest BCUT2D eigenvalue weighted by Crippen LogP contribution is -2.44. The van der Waals surface area contributed by atoms with Gasteiger partial charge in [0, 0.05) is 11.2 Å². The molecule has 1 aromatic carbocycles. The number of hydrogen-bond acceptors (Lipinski definition) is 3. The van der Waals surface area contributed by atoms with Crippen molar-refractivity contribution in [1.82, 2.24) is 4.72 Å². The molecule has 1 rings (SSSR count). The Morgan fingerprint density at radius 3 is 2.39 bits per heavy atom. The number of nitrogens with one attached hydrogen (secondary N) is 1. The Hall–Kier alpha value is -0.780. The number of rotatable bonds is 5. The van der Waals surface area contributed by atoms with Crippen molar-refractivity contribution in [2.24, 2.45) is 0 Å². The summed E-state index contributed by atoms with van der Waals surface area (Å²) >= 11 is 5.92. The Labute approximate surface area is 114 Å². The fraction of sp³-hybridized carbons (Fsp3) is 0.500. The molecule has 6 heteroatoms. The van der Waals surface area contributed by atoms with E-state index >= 15 is 0 Å². The molecular weight excluding hydrogens is 272 g/mol. The van der Waals surface area contributed by atoms with Gasteiger partial charge in [-0.25, -0.2) is 13.1 Å². The van der Waals surface area contributed by atoms with E-state index in [1.165, 1.54) is 12.1 Å². The number of nitrogens with two attached hydrogens (primary N) is 1. The highest BCUT2D eigenvalue weighted by molar-refractivity contribution is 7.89. The maximum Gasteiger partial charge on any atom is 0.242 e. The van der Waals surface area contributed by atoms with Gasteiger partial charge in [-0.15, -0.1) is 0 Å². The molecule has 0 aliphatic heterocycles. The van der Waals surface area contributed by atoms with E-state index in [-0.39, 0.29) is 9.92 Å². The van der Waals surface area contributed by atoms with Crippen LogP contribution >= 0.6 is 11.6 Å². The molecule has 0 aliphatic rings. The lowest BCUT2D eigenvalue weighted by Gasteiger charge is -2.28. The van der Waals surface area contributed by atoms with Crippen molar-refractivity contribution in [3.8, 4) is 0 Å². The van der Waals surface area contributed by atoms with E-state index in [1.54, 1.807) is 6.07 Å². The van der Waals surface area contributed by atoms with E-state index in [1.807, 2.05) is 20.8 Å². The zero-order chi connectivity index (χ0) is 14.0. The van der Waals surface area contributed by atoms with Crippen molar-refractivity contribution in [2.45, 2.75) is 44.0 Å². The Balaban J connectivity index is 3.18. The maximum absolute atomic E-state index is 12.3. The number of halogens is 1. The number of sulfonamides is 1. The Morgan fingerprint density at radius 2 is 1.89 bits per heavy atom. The molecule has 0 heterocycles. The van der Waals surface area contributed by atoms with Crippen LogP contribution in [0.25, 0.3) is 0 Å². The van der Waals surface area contributed by atoms with Gasteiger partial charge in [0.25, 0.3) is 0 Å². The monoisotopic (exact) mass is 290 g/mol. The maximum atomic E-state index is 12.3. The molecule has 3 N–H and O–H groups in total. The topological polar surface area (TPSA) is 72.2 Å². The third kappa shape index (κ3) is 3.37. The molecule has 0 saturated carbocycles. The van der Waals surface area contributed by atoms with Gasteiger partial charge in [0.15, 0.2) is 0 Å². The van der Waals surface area contributed by atoms with Gasteiger partial charge in [0.1, 0.15) is 4.90 Å². The Morgan fingerprint density at radius 1 is 1.33 bits per heavy atom. The second-order valence-corrected chi connectivity index (χ2v) is 6.62. The van der Waals surface area contributed by atoms with Gasteiger partial charge in [0.05, 0.1) is 5.02 Å². The quantitative estimate of drug-likeness (QED) is 0.819. The van der Waals surface area contributed by atoms with Crippen LogP contribution < -0.4 is 10.5 Å². The third-order valence-corrected chi connectivity index (χ3v) is 5.31. The van der Waals surface area contributed by atoms with Crippen molar-refractivity contribution in [3.05, 3.63) is 23.2 Å². The molecule has 0 saturated heterocycles. The summed E-state index contributed by atoms with van der Waals surface area (Å²) < 4.78 is 27.3. The summed E-state index contributed by atoms with van der Waals surface area (Å²) in [7, 11) is -3.66. The summed E-state index contributed by atoms with van der Waals surface area (Å²) in [6.07, 6.45) is 1.39. The van der Waals surface area contributed by atoms with E-state index in [4.69, 9.17) is 17.3 Å². The number of hydrogen-bond donors (Lipinski definition) is 2. The molecular formula is C12H19ClN2O2S. The summed E-state index contributed by atoms with van der Waals surface area (Å²) in [6, 6.07) is 4.43. The van der Waals surface area contributed by atoms with Crippen LogP contribution in [0.4, 0.5) is 5.69 Å². The van der Waals surface area contributed by atoms with Crippen molar-refractivity contribution < 1.29 is 8.42 Å². The fourth-order valence-electron chi connectivity index (χ4n) is 1.50. The van der Waals surface area contributed by atoms with Gasteiger partial charge in [0.2, 0.25) is 10.0 Å². The van der Waals surface area contributed by atoms with Crippen molar-refractivity contribution >= 4 is 27.3 Å². The van der Waals surface area contributed by atoms with Gasteiger partial charge >= 0.3 is 0 Å². The molecule has 0 spiro atoms. The summed E-state index contributed by atoms with van der Waals surface area (Å²) in [6.45, 7) is 5.74. The van der Waals surface area contributed by atoms with Crippen LogP contribution in [0.3, 0.4) is 0 Å². The first-order valence-corrected chi connectivity index (χ1v) is 7.69. The zero-order valence-corrected chi connectivity index (χ0v) is 12.4. The minimum absolute atomic E-state index is 0.0253. The molecule has 0 unspecified atom stereocenters. The van der Waals surface area contributed by atoms with Crippen molar-refractivity contribution in [3.63, 3.8) is 0 Å². The largest absolute Gasteiger partial charge is 0.399 e. The first kappa shape index (κ1) is 15.3. The summed E-state index contributed by atoms with van der Waals surface area (Å²) in [4.78, 5) is 0.0253. The number of anilines is 1. The van der Waals surface area contributed by atoms with Crippen LogP contribution in [0.15, 0.2) is 23.1 Å². The van der Waals surface area contributed by atoms with Gasteiger partial charge in [-0.3, -0.25) is 0 Å². The van der Waals surface area contributed by atoms with E-state index in [0.29, 0.717) is 18.5 Å². The minimum Gasteiger partial charge on any atom is -0.399 e. The minimum atomic E-state index is -3.66. The molecule has 0 amide bonds. The fourth-order valence-corrected chi connectivity index (χ4v) is 3.59. The summed E-state index contributed by atoms with van der Waals surface area (Å²) in [5.74, 6) is 0. The van der Waals surface area contributed by atoms with E-state index in [2.05, 4.69) is 4.72 Å². The van der Waals surface area contributed by atoms with Crippen molar-refractivity contribution in [1.29, 1.82) is 0 Å². The highest BCUT2D eigenvalue weighted by Crippen LogP contribution is 2.26. The van der Waals surface area contributed by atoms with E-state index in [9.17, 15) is 8.42 Å². The number of benzene rings is 1. The molecule has 0 radical (unpaired) electrons. The Kier molecular flexibility index (Phi) is 4.64. The van der Waals surface area contributed by atoms with Gasteiger partial charge in [-0.2, -0.15) is 0 Å². The third-order valence-electron chi connectivity index (χ3n) is 3.19. The zero-order valence-electron chi connectivity index (χ0n) is 10.8.